The van der Waals surface area contributed by atoms with Gasteiger partial charge in [-0.3, -0.25) is 9.58 Å². The highest BCUT2D eigenvalue weighted by Gasteiger charge is 2.30. The minimum atomic E-state index is -1.30. The van der Waals surface area contributed by atoms with E-state index in [2.05, 4.69) is 5.10 Å². The number of nitrogens with zero attached hydrogens (tertiary/aromatic N) is 3. The van der Waals surface area contributed by atoms with Crippen LogP contribution in [0.15, 0.2) is 6.20 Å². The maximum atomic E-state index is 13.6. The molecule has 1 aromatic rings. The largest absolute Gasteiger partial charge is 0.444 e. The van der Waals surface area contributed by atoms with E-state index in [0.29, 0.717) is 13.1 Å². The number of amides is 1. The SMILES string of the molecule is CC(C)(F)Cn1cc2c(n1)CN(C(=O)OC(C)(C)C)C2. The van der Waals surface area contributed by atoms with E-state index in [1.54, 1.807) is 15.8 Å². The Balaban J connectivity index is 1.99. The number of alkyl halides is 1. The van der Waals surface area contributed by atoms with Crippen molar-refractivity contribution in [3.05, 3.63) is 17.5 Å². The van der Waals surface area contributed by atoms with Gasteiger partial charge in [0.25, 0.3) is 0 Å². The van der Waals surface area contributed by atoms with E-state index in [1.807, 2.05) is 20.8 Å². The molecule has 2 rings (SSSR count). The van der Waals surface area contributed by atoms with Crippen molar-refractivity contribution in [1.82, 2.24) is 14.7 Å². The Bertz CT molecular complexity index is 488. The van der Waals surface area contributed by atoms with Gasteiger partial charge in [-0.05, 0) is 34.6 Å². The first-order valence-electron chi connectivity index (χ1n) is 6.75. The molecule has 0 fully saturated rings. The standard InChI is InChI=1S/C14H22FN3O2/c1-13(2,3)20-12(19)17-6-10-7-18(9-14(4,5)15)16-11(10)8-17/h7H,6,8-9H2,1-5H3. The molecule has 0 aliphatic carbocycles. The van der Waals surface area contributed by atoms with Crippen LogP contribution in [0.1, 0.15) is 45.9 Å². The van der Waals surface area contributed by atoms with Gasteiger partial charge in [0.05, 0.1) is 25.3 Å². The van der Waals surface area contributed by atoms with Crippen molar-refractivity contribution < 1.29 is 13.9 Å². The van der Waals surface area contributed by atoms with Crippen molar-refractivity contribution in [2.24, 2.45) is 0 Å². The molecule has 1 aliphatic heterocycles. The molecule has 1 aliphatic rings. The molecule has 2 heterocycles. The van der Waals surface area contributed by atoms with Gasteiger partial charge < -0.3 is 4.74 Å². The van der Waals surface area contributed by atoms with E-state index >= 15 is 0 Å². The maximum absolute atomic E-state index is 13.6. The van der Waals surface area contributed by atoms with Crippen LogP contribution in [0.4, 0.5) is 9.18 Å². The molecular weight excluding hydrogens is 261 g/mol. The van der Waals surface area contributed by atoms with Crippen LogP contribution in [0.5, 0.6) is 0 Å². The molecular formula is C14H22FN3O2. The zero-order valence-corrected chi connectivity index (χ0v) is 12.7. The van der Waals surface area contributed by atoms with Crippen LogP contribution in [0.3, 0.4) is 0 Å². The number of fused-ring (bicyclic) bond motifs is 1. The summed E-state index contributed by atoms with van der Waals surface area (Å²) in [6.07, 6.45) is 1.47. The predicted molar refractivity (Wildman–Crippen MR) is 72.9 cm³/mol. The van der Waals surface area contributed by atoms with Crippen molar-refractivity contribution in [3.8, 4) is 0 Å². The first-order valence-corrected chi connectivity index (χ1v) is 6.75. The Morgan fingerprint density at radius 2 is 2.00 bits per heavy atom. The number of aromatic nitrogens is 2. The zero-order chi connectivity index (χ0) is 15.1. The number of ether oxygens (including phenoxy) is 1. The second kappa shape index (κ2) is 4.75. The number of carbonyl (C=O) groups excluding carboxylic acids is 1. The summed E-state index contributed by atoms with van der Waals surface area (Å²) in [5.41, 5.74) is -0.0277. The number of rotatable bonds is 2. The summed E-state index contributed by atoms with van der Waals surface area (Å²) in [6.45, 7) is 9.66. The average Bonchev–Trinajstić information content (AvgIpc) is 2.68. The number of hydrogen-bond acceptors (Lipinski definition) is 3. The fourth-order valence-electron chi connectivity index (χ4n) is 2.13. The highest BCUT2D eigenvalue weighted by Crippen LogP contribution is 2.24. The summed E-state index contributed by atoms with van der Waals surface area (Å²) in [6, 6.07) is 0. The lowest BCUT2D eigenvalue weighted by molar-refractivity contribution is 0.0238. The van der Waals surface area contributed by atoms with E-state index in [0.717, 1.165) is 11.3 Å². The molecule has 0 N–H and O–H groups in total. The lowest BCUT2D eigenvalue weighted by atomic mass is 10.2. The molecule has 0 radical (unpaired) electrons. The van der Waals surface area contributed by atoms with Crippen LogP contribution in [-0.2, 0) is 24.4 Å². The number of hydrogen-bond donors (Lipinski definition) is 0. The second-order valence-corrected chi connectivity index (χ2v) is 6.85. The summed E-state index contributed by atoms with van der Waals surface area (Å²) >= 11 is 0. The first kappa shape index (κ1) is 14.8. The Morgan fingerprint density at radius 3 is 2.50 bits per heavy atom. The van der Waals surface area contributed by atoms with E-state index in [9.17, 15) is 9.18 Å². The van der Waals surface area contributed by atoms with Gasteiger partial charge in [0.1, 0.15) is 11.3 Å². The van der Waals surface area contributed by atoms with Crippen molar-refractivity contribution in [3.63, 3.8) is 0 Å². The molecule has 112 valence electrons. The van der Waals surface area contributed by atoms with Crippen molar-refractivity contribution >= 4 is 6.09 Å². The molecule has 20 heavy (non-hydrogen) atoms. The Hall–Kier alpha value is -1.59. The topological polar surface area (TPSA) is 47.4 Å². The molecule has 0 unspecified atom stereocenters. The van der Waals surface area contributed by atoms with Crippen molar-refractivity contribution in [1.29, 1.82) is 0 Å². The molecule has 0 bridgehead atoms. The van der Waals surface area contributed by atoms with Crippen LogP contribution in [0.2, 0.25) is 0 Å². The summed E-state index contributed by atoms with van der Waals surface area (Å²) < 4.78 is 20.5. The van der Waals surface area contributed by atoms with E-state index in [4.69, 9.17) is 4.74 Å². The van der Waals surface area contributed by atoms with E-state index in [1.165, 1.54) is 13.8 Å². The predicted octanol–water partition coefficient (Wildman–Crippen LogP) is 2.88. The molecule has 1 amide bonds. The van der Waals surface area contributed by atoms with Crippen molar-refractivity contribution in [2.75, 3.05) is 0 Å². The quantitative estimate of drug-likeness (QED) is 0.838. The van der Waals surface area contributed by atoms with Gasteiger partial charge in [-0.1, -0.05) is 0 Å². The van der Waals surface area contributed by atoms with Crippen LogP contribution in [-0.4, -0.2) is 32.0 Å². The third-order valence-corrected chi connectivity index (χ3v) is 2.82. The third kappa shape index (κ3) is 3.71. The molecule has 0 aromatic carbocycles. The van der Waals surface area contributed by atoms with Crippen LogP contribution in [0, 0.1) is 0 Å². The summed E-state index contributed by atoms with van der Waals surface area (Å²) in [5, 5.41) is 4.33. The smallest absolute Gasteiger partial charge is 0.410 e. The fraction of sp³-hybridized carbons (Fsp3) is 0.714. The van der Waals surface area contributed by atoms with Gasteiger partial charge in [-0.25, -0.2) is 9.18 Å². The molecule has 0 spiro atoms. The normalized spacial score (nSPS) is 15.4. The monoisotopic (exact) mass is 283 g/mol. The first-order chi connectivity index (χ1) is 9.03. The molecule has 0 saturated heterocycles. The minimum Gasteiger partial charge on any atom is -0.444 e. The van der Waals surface area contributed by atoms with E-state index in [-0.39, 0.29) is 12.6 Å². The zero-order valence-electron chi connectivity index (χ0n) is 12.7. The highest BCUT2D eigenvalue weighted by molar-refractivity contribution is 5.69. The average molecular weight is 283 g/mol. The fourth-order valence-corrected chi connectivity index (χ4v) is 2.13. The Morgan fingerprint density at radius 1 is 1.35 bits per heavy atom. The van der Waals surface area contributed by atoms with Gasteiger partial charge in [0, 0.05) is 11.8 Å². The number of carbonyl (C=O) groups is 1. The second-order valence-electron chi connectivity index (χ2n) is 6.85. The maximum Gasteiger partial charge on any atom is 0.410 e. The van der Waals surface area contributed by atoms with Gasteiger partial charge in [-0.15, -0.1) is 0 Å². The molecule has 0 saturated carbocycles. The Labute approximate surface area is 118 Å². The van der Waals surface area contributed by atoms with Crippen LogP contribution >= 0.6 is 0 Å². The van der Waals surface area contributed by atoms with Crippen LogP contribution < -0.4 is 0 Å². The summed E-state index contributed by atoms with van der Waals surface area (Å²) in [4.78, 5) is 13.6. The van der Waals surface area contributed by atoms with Gasteiger partial charge in [0.15, 0.2) is 0 Å². The molecule has 0 atom stereocenters. The highest BCUT2D eigenvalue weighted by atomic mass is 19.1. The summed E-state index contributed by atoms with van der Waals surface area (Å²) in [5.74, 6) is 0. The van der Waals surface area contributed by atoms with Crippen LogP contribution in [0.25, 0.3) is 0 Å². The third-order valence-electron chi connectivity index (χ3n) is 2.82. The van der Waals surface area contributed by atoms with Gasteiger partial charge in [0.2, 0.25) is 0 Å². The van der Waals surface area contributed by atoms with Gasteiger partial charge >= 0.3 is 6.09 Å². The molecule has 6 heteroatoms. The van der Waals surface area contributed by atoms with Gasteiger partial charge in [-0.2, -0.15) is 5.10 Å². The molecule has 1 aromatic heterocycles. The minimum absolute atomic E-state index is 0.215. The van der Waals surface area contributed by atoms with Crippen molar-refractivity contribution in [2.45, 2.75) is 65.5 Å². The lowest BCUT2D eigenvalue weighted by Gasteiger charge is -2.24. The molecule has 5 nitrogen and oxygen atoms in total. The lowest BCUT2D eigenvalue weighted by Crippen LogP contribution is -2.33. The van der Waals surface area contributed by atoms with E-state index < -0.39 is 11.3 Å². The Kier molecular flexibility index (Phi) is 3.52. The summed E-state index contributed by atoms with van der Waals surface area (Å²) in [7, 11) is 0. The number of halogens is 1.